The number of piperidine rings is 1. The quantitative estimate of drug-likeness (QED) is 0.702. The van der Waals surface area contributed by atoms with Crippen molar-refractivity contribution in [2.24, 2.45) is 5.92 Å². The number of benzene rings is 2. The molecule has 0 bridgehead atoms. The highest BCUT2D eigenvalue weighted by molar-refractivity contribution is 6.45. The van der Waals surface area contributed by atoms with E-state index in [1.165, 1.54) is 12.0 Å². The number of halogens is 1. The van der Waals surface area contributed by atoms with Crippen molar-refractivity contribution in [1.82, 2.24) is 4.90 Å². The average molecular weight is 411 g/mol. The molecule has 2 aromatic rings. The highest BCUT2D eigenvalue weighted by atomic mass is 35.5. The first-order valence-corrected chi connectivity index (χ1v) is 10.2. The second kappa shape index (κ2) is 7.91. The molecule has 2 aromatic carbocycles. The third-order valence-corrected chi connectivity index (χ3v) is 5.87. The summed E-state index contributed by atoms with van der Waals surface area (Å²) >= 11 is 6.04. The molecule has 0 saturated carbocycles. The molecule has 2 amide bonds. The molecular weight excluding hydrogens is 388 g/mol. The van der Waals surface area contributed by atoms with Crippen LogP contribution in [0.15, 0.2) is 54.2 Å². The van der Waals surface area contributed by atoms with Gasteiger partial charge >= 0.3 is 0 Å². The van der Waals surface area contributed by atoms with Gasteiger partial charge in [-0.1, -0.05) is 42.8 Å². The second-order valence-electron chi connectivity index (χ2n) is 7.52. The van der Waals surface area contributed by atoms with Crippen LogP contribution in [0.25, 0.3) is 5.57 Å². The van der Waals surface area contributed by atoms with Crippen molar-refractivity contribution in [3.05, 3.63) is 64.8 Å². The maximum atomic E-state index is 13.5. The molecule has 0 aromatic heterocycles. The number of carbonyl (C=O) groups excluding carboxylic acids is 2. The summed E-state index contributed by atoms with van der Waals surface area (Å²) in [6, 6.07) is 14.2. The monoisotopic (exact) mass is 410 g/mol. The van der Waals surface area contributed by atoms with E-state index in [1.54, 1.807) is 42.5 Å². The number of carbonyl (C=O) groups is 2. The van der Waals surface area contributed by atoms with Crippen LogP contribution in [0.3, 0.4) is 0 Å². The molecule has 5 nitrogen and oxygen atoms in total. The molecular formula is C23H23ClN2O3. The van der Waals surface area contributed by atoms with Gasteiger partial charge in [-0.2, -0.15) is 0 Å². The number of hydrogen-bond acceptors (Lipinski definition) is 4. The zero-order valence-electron chi connectivity index (χ0n) is 16.5. The van der Waals surface area contributed by atoms with E-state index in [0.29, 0.717) is 39.2 Å². The molecule has 0 N–H and O–H groups in total. The summed E-state index contributed by atoms with van der Waals surface area (Å²) in [6.45, 7) is 3.73. The minimum absolute atomic E-state index is 0.306. The zero-order chi connectivity index (χ0) is 20.5. The van der Waals surface area contributed by atoms with Gasteiger partial charge in [0.05, 0.1) is 18.4 Å². The number of amides is 2. The molecule has 150 valence electrons. The van der Waals surface area contributed by atoms with Crippen molar-refractivity contribution in [3.8, 4) is 5.75 Å². The maximum Gasteiger partial charge on any atom is 0.282 e. The standard InChI is InChI=1S/C23H23ClN2O3/c1-15-11-13-25(14-12-15)21-20(16-7-9-17(24)10-8-16)22(27)26(23(21)28)18-5-3-4-6-19(18)29-2/h3-10,15H,11-14H2,1-2H3. The van der Waals surface area contributed by atoms with Gasteiger partial charge in [-0.15, -0.1) is 0 Å². The lowest BCUT2D eigenvalue weighted by Gasteiger charge is -2.32. The topological polar surface area (TPSA) is 49.9 Å². The highest BCUT2D eigenvalue weighted by Gasteiger charge is 2.43. The number of para-hydroxylation sites is 2. The zero-order valence-corrected chi connectivity index (χ0v) is 17.3. The molecule has 0 spiro atoms. The Hall–Kier alpha value is -2.79. The van der Waals surface area contributed by atoms with Gasteiger partial charge in [-0.25, -0.2) is 4.90 Å². The number of likely N-dealkylation sites (tertiary alicyclic amines) is 1. The van der Waals surface area contributed by atoms with Crippen molar-refractivity contribution in [3.63, 3.8) is 0 Å². The molecule has 2 heterocycles. The Morgan fingerprint density at radius 3 is 2.28 bits per heavy atom. The smallest absolute Gasteiger partial charge is 0.282 e. The van der Waals surface area contributed by atoms with Gasteiger partial charge in [0.2, 0.25) is 0 Å². The maximum absolute atomic E-state index is 13.5. The molecule has 0 aliphatic carbocycles. The Morgan fingerprint density at radius 1 is 0.966 bits per heavy atom. The average Bonchev–Trinajstić information content (AvgIpc) is 2.99. The molecule has 1 saturated heterocycles. The van der Waals surface area contributed by atoms with Gasteiger partial charge in [0.15, 0.2) is 0 Å². The Labute approximate surface area is 175 Å². The van der Waals surface area contributed by atoms with E-state index in [-0.39, 0.29) is 11.8 Å². The summed E-state index contributed by atoms with van der Waals surface area (Å²) in [5.74, 6) is 0.455. The summed E-state index contributed by atoms with van der Waals surface area (Å²) in [7, 11) is 1.53. The number of anilines is 1. The van der Waals surface area contributed by atoms with Crippen LogP contribution in [0.5, 0.6) is 5.75 Å². The molecule has 0 unspecified atom stereocenters. The number of methoxy groups -OCH3 is 1. The Balaban J connectivity index is 1.82. The van der Waals surface area contributed by atoms with Crippen LogP contribution in [-0.4, -0.2) is 36.9 Å². The van der Waals surface area contributed by atoms with E-state index in [2.05, 4.69) is 11.8 Å². The van der Waals surface area contributed by atoms with Crippen LogP contribution in [0, 0.1) is 5.92 Å². The molecule has 0 atom stereocenters. The minimum Gasteiger partial charge on any atom is -0.495 e. The van der Waals surface area contributed by atoms with E-state index in [9.17, 15) is 9.59 Å². The van der Waals surface area contributed by atoms with Crippen molar-refractivity contribution in [2.45, 2.75) is 19.8 Å². The van der Waals surface area contributed by atoms with Crippen molar-refractivity contribution < 1.29 is 14.3 Å². The Morgan fingerprint density at radius 2 is 1.62 bits per heavy atom. The van der Waals surface area contributed by atoms with Crippen molar-refractivity contribution >= 4 is 34.7 Å². The molecule has 0 radical (unpaired) electrons. The minimum atomic E-state index is -0.338. The van der Waals surface area contributed by atoms with Gasteiger partial charge in [-0.05, 0) is 48.6 Å². The number of rotatable bonds is 4. The first-order valence-electron chi connectivity index (χ1n) is 9.78. The third kappa shape index (κ3) is 3.51. The molecule has 4 rings (SSSR count). The first kappa shape index (κ1) is 19.5. The van der Waals surface area contributed by atoms with Gasteiger partial charge in [0.1, 0.15) is 11.4 Å². The Bertz CT molecular complexity index is 976. The predicted octanol–water partition coefficient (Wildman–Crippen LogP) is 4.37. The van der Waals surface area contributed by atoms with Crippen LogP contribution in [-0.2, 0) is 9.59 Å². The van der Waals surface area contributed by atoms with Crippen LogP contribution in [0.1, 0.15) is 25.3 Å². The molecule has 2 aliphatic heterocycles. The fourth-order valence-electron chi connectivity index (χ4n) is 3.95. The van der Waals surface area contributed by atoms with Crippen molar-refractivity contribution in [1.29, 1.82) is 0 Å². The lowest BCUT2D eigenvalue weighted by Crippen LogP contribution is -2.38. The molecule has 29 heavy (non-hydrogen) atoms. The lowest BCUT2D eigenvalue weighted by molar-refractivity contribution is -0.120. The molecule has 1 fully saturated rings. The summed E-state index contributed by atoms with van der Waals surface area (Å²) in [4.78, 5) is 30.3. The Kier molecular flexibility index (Phi) is 5.33. The van der Waals surface area contributed by atoms with Gasteiger partial charge in [0, 0.05) is 18.1 Å². The van der Waals surface area contributed by atoms with Crippen LogP contribution in [0.2, 0.25) is 5.02 Å². The van der Waals surface area contributed by atoms with E-state index in [0.717, 1.165) is 25.9 Å². The number of ether oxygens (including phenoxy) is 1. The summed E-state index contributed by atoms with van der Waals surface area (Å²) in [5.41, 5.74) is 2.04. The van der Waals surface area contributed by atoms with Gasteiger partial charge in [-0.3, -0.25) is 9.59 Å². The largest absolute Gasteiger partial charge is 0.495 e. The first-order chi connectivity index (χ1) is 14.0. The normalized spacial score (nSPS) is 18.0. The number of imide groups is 1. The number of hydrogen-bond donors (Lipinski definition) is 0. The summed E-state index contributed by atoms with van der Waals surface area (Å²) in [5, 5.41) is 0.584. The van der Waals surface area contributed by atoms with Crippen LogP contribution in [0.4, 0.5) is 5.69 Å². The fourth-order valence-corrected chi connectivity index (χ4v) is 4.08. The van der Waals surface area contributed by atoms with Crippen LogP contribution >= 0.6 is 11.6 Å². The van der Waals surface area contributed by atoms with Gasteiger partial charge < -0.3 is 9.64 Å². The van der Waals surface area contributed by atoms with E-state index in [4.69, 9.17) is 16.3 Å². The highest BCUT2D eigenvalue weighted by Crippen LogP contribution is 2.39. The van der Waals surface area contributed by atoms with Gasteiger partial charge in [0.25, 0.3) is 11.8 Å². The summed E-state index contributed by atoms with van der Waals surface area (Å²) < 4.78 is 5.41. The lowest BCUT2D eigenvalue weighted by atomic mass is 9.97. The molecule has 6 heteroatoms. The number of nitrogens with zero attached hydrogens (tertiary/aromatic N) is 2. The van der Waals surface area contributed by atoms with Crippen LogP contribution < -0.4 is 9.64 Å². The van der Waals surface area contributed by atoms with E-state index >= 15 is 0 Å². The summed E-state index contributed by atoms with van der Waals surface area (Å²) in [6.07, 6.45) is 1.99. The third-order valence-electron chi connectivity index (χ3n) is 5.62. The molecule has 2 aliphatic rings. The van der Waals surface area contributed by atoms with E-state index in [1.807, 2.05) is 6.07 Å². The predicted molar refractivity (Wildman–Crippen MR) is 114 cm³/mol. The second-order valence-corrected chi connectivity index (χ2v) is 7.95. The van der Waals surface area contributed by atoms with E-state index < -0.39 is 0 Å². The SMILES string of the molecule is COc1ccccc1N1C(=O)C(c2ccc(Cl)cc2)=C(N2CCC(C)CC2)C1=O. The van der Waals surface area contributed by atoms with Crippen molar-refractivity contribution in [2.75, 3.05) is 25.1 Å². The fraction of sp³-hybridized carbons (Fsp3) is 0.304.